The topological polar surface area (TPSA) is 198 Å². The number of halogens is 2. The highest BCUT2D eigenvalue weighted by atomic mass is 32.2. The fourth-order valence-electron chi connectivity index (χ4n) is 8.47. The minimum atomic E-state index is -5.84. The Kier molecular flexibility index (Phi) is 22.7. The number of aliphatic hydroxyl groups excluding tert-OH is 2. The van der Waals surface area contributed by atoms with Gasteiger partial charge in [0.05, 0.1) is 73.0 Å². The molecule has 20 heteroatoms. The first-order valence-corrected chi connectivity index (χ1v) is 25.8. The predicted molar refractivity (Wildman–Crippen MR) is 257 cm³/mol. The summed E-state index contributed by atoms with van der Waals surface area (Å²) in [4.78, 5) is 29.5. The fraction of sp³-hybridized carbons (Fsp3) is 0.720. The summed E-state index contributed by atoms with van der Waals surface area (Å²) in [6.07, 6.45) is 8.32. The molecule has 17 nitrogen and oxygen atoms in total. The number of hydrogen-bond donors (Lipinski definition) is 2. The van der Waals surface area contributed by atoms with Crippen LogP contribution in [0.5, 0.6) is 28.7 Å². The van der Waals surface area contributed by atoms with E-state index in [1.807, 2.05) is 0 Å². The van der Waals surface area contributed by atoms with E-state index >= 15 is 8.78 Å². The lowest BCUT2D eigenvalue weighted by molar-refractivity contribution is -0.295. The molecule has 0 radical (unpaired) electrons. The molecule has 2 heterocycles. The van der Waals surface area contributed by atoms with Gasteiger partial charge in [0.2, 0.25) is 11.7 Å². The second-order valence-corrected chi connectivity index (χ2v) is 20.4. The Bertz CT molecular complexity index is 2060. The van der Waals surface area contributed by atoms with Crippen LogP contribution in [0.1, 0.15) is 133 Å². The number of unbranched alkanes of at least 4 members (excludes halogenated alkanes) is 10. The van der Waals surface area contributed by atoms with Crippen molar-refractivity contribution in [3.8, 4) is 28.7 Å². The van der Waals surface area contributed by atoms with Gasteiger partial charge in [-0.2, -0.15) is 17.2 Å². The van der Waals surface area contributed by atoms with Gasteiger partial charge in [0.1, 0.15) is 18.1 Å². The van der Waals surface area contributed by atoms with E-state index in [1.54, 1.807) is 32.0 Å². The second kappa shape index (κ2) is 27.1. The molecule has 0 aromatic heterocycles. The van der Waals surface area contributed by atoms with Crippen LogP contribution in [0, 0.1) is 5.41 Å². The second-order valence-electron chi connectivity index (χ2n) is 18.7. The molecule has 2 aromatic carbocycles. The van der Waals surface area contributed by atoms with E-state index in [1.165, 1.54) is 40.4 Å². The molecule has 2 atom stereocenters. The van der Waals surface area contributed by atoms with Gasteiger partial charge < -0.3 is 57.9 Å². The Morgan fingerprint density at radius 1 is 0.814 bits per heavy atom. The molecule has 398 valence electrons. The Morgan fingerprint density at radius 3 is 1.87 bits per heavy atom. The molecule has 2 N–H and O–H groups in total. The molecular weight excluding hydrogens is 939 g/mol. The van der Waals surface area contributed by atoms with Crippen molar-refractivity contribution in [3.63, 3.8) is 0 Å². The Hall–Kier alpha value is -4.05. The van der Waals surface area contributed by atoms with E-state index in [2.05, 4.69) is 13.8 Å². The van der Waals surface area contributed by atoms with E-state index in [0.717, 1.165) is 69.1 Å². The highest BCUT2D eigenvalue weighted by Crippen LogP contribution is 2.47. The SMILES string of the molecule is CCCCCCCCN(CCCCCCCC)C(=O)C(F)(F)S(=O)(=O)OCC1(COCC(=O)N(C)Cc2c(CO)cc(OC)c3c2O[C@H](c2cc(OC)c(OC)c(OC)c2)[C@H](O)C3)COC(C)(C)OC1. The third-order valence-corrected chi connectivity index (χ3v) is 14.0. The van der Waals surface area contributed by atoms with Crippen LogP contribution in [0.4, 0.5) is 8.78 Å². The minimum absolute atomic E-state index is 0.00402. The average Bonchev–Trinajstić information content (AvgIpc) is 3.34. The van der Waals surface area contributed by atoms with E-state index in [4.69, 9.17) is 42.1 Å². The number of nitrogens with zero attached hydrogens (tertiary/aromatic N) is 2. The number of rotatable bonds is 31. The van der Waals surface area contributed by atoms with Crippen molar-refractivity contribution in [1.29, 1.82) is 0 Å². The minimum Gasteiger partial charge on any atom is -0.496 e. The Balaban J connectivity index is 1.49. The number of aliphatic hydroxyl groups is 2. The molecular formula is C50H78F2N2O15S. The van der Waals surface area contributed by atoms with Crippen LogP contribution in [-0.4, -0.2) is 139 Å². The molecule has 2 aliphatic rings. The molecule has 70 heavy (non-hydrogen) atoms. The van der Waals surface area contributed by atoms with Crippen LogP contribution in [0.3, 0.4) is 0 Å². The number of ether oxygens (including phenoxy) is 8. The smallest absolute Gasteiger partial charge is 0.447 e. The maximum absolute atomic E-state index is 15.9. The van der Waals surface area contributed by atoms with Gasteiger partial charge in [-0.1, -0.05) is 78.1 Å². The molecule has 2 amide bonds. The number of carbonyl (C=O) groups is 2. The third kappa shape index (κ3) is 15.2. The lowest BCUT2D eigenvalue weighted by Gasteiger charge is -2.42. The summed E-state index contributed by atoms with van der Waals surface area (Å²) in [5.41, 5.74) is 0.329. The van der Waals surface area contributed by atoms with Gasteiger partial charge in [0.25, 0.3) is 0 Å². The van der Waals surface area contributed by atoms with Gasteiger partial charge in [-0.05, 0) is 50.5 Å². The van der Waals surface area contributed by atoms with Crippen molar-refractivity contribution < 1.29 is 79.1 Å². The Labute approximate surface area is 413 Å². The molecule has 2 aromatic rings. The molecule has 0 saturated carbocycles. The number of benzene rings is 2. The molecule has 0 spiro atoms. The van der Waals surface area contributed by atoms with Crippen LogP contribution in [0.25, 0.3) is 0 Å². The summed E-state index contributed by atoms with van der Waals surface area (Å²) < 4.78 is 110. The quantitative estimate of drug-likeness (QED) is 0.0556. The van der Waals surface area contributed by atoms with Crippen LogP contribution in [0.2, 0.25) is 0 Å². The highest BCUT2D eigenvalue weighted by Gasteiger charge is 2.57. The fourth-order valence-corrected chi connectivity index (χ4v) is 9.36. The number of carbonyl (C=O) groups excluding carboxylic acids is 2. The zero-order valence-corrected chi connectivity index (χ0v) is 43.5. The van der Waals surface area contributed by atoms with Crippen molar-refractivity contribution in [2.45, 2.75) is 148 Å². The third-order valence-electron chi connectivity index (χ3n) is 12.8. The Morgan fingerprint density at radius 2 is 1.36 bits per heavy atom. The number of hydrogen-bond acceptors (Lipinski definition) is 15. The molecule has 0 bridgehead atoms. The lowest BCUT2D eigenvalue weighted by Crippen LogP contribution is -2.53. The number of methoxy groups -OCH3 is 4. The van der Waals surface area contributed by atoms with E-state index < -0.39 is 77.0 Å². The average molecular weight is 1020 g/mol. The molecule has 4 rings (SSSR count). The van der Waals surface area contributed by atoms with Crippen LogP contribution < -0.4 is 23.7 Å². The van der Waals surface area contributed by atoms with Crippen molar-refractivity contribution in [2.75, 3.05) is 81.6 Å². The summed E-state index contributed by atoms with van der Waals surface area (Å²) in [6, 6.07) is 4.93. The molecule has 2 aliphatic heterocycles. The van der Waals surface area contributed by atoms with Gasteiger partial charge >= 0.3 is 21.3 Å². The summed E-state index contributed by atoms with van der Waals surface area (Å²) in [5.74, 6) is -1.84. The van der Waals surface area contributed by atoms with E-state index in [-0.39, 0.29) is 45.0 Å². The number of likely N-dealkylation sites (N-methyl/N-ethyl adjacent to an activating group) is 1. The van der Waals surface area contributed by atoms with Crippen LogP contribution in [-0.2, 0) is 57.7 Å². The maximum atomic E-state index is 15.9. The first-order valence-electron chi connectivity index (χ1n) is 24.4. The molecule has 0 aliphatic carbocycles. The zero-order chi connectivity index (χ0) is 51.7. The zero-order valence-electron chi connectivity index (χ0n) is 42.7. The van der Waals surface area contributed by atoms with Crippen LogP contribution in [0.15, 0.2) is 18.2 Å². The summed E-state index contributed by atoms with van der Waals surface area (Å²) in [5, 5.41) is 17.1. The number of amides is 2. The van der Waals surface area contributed by atoms with Gasteiger partial charge in [0.15, 0.2) is 23.4 Å². The van der Waals surface area contributed by atoms with Crippen LogP contribution >= 0.6 is 0 Å². The van der Waals surface area contributed by atoms with Crippen molar-refractivity contribution in [2.24, 2.45) is 5.41 Å². The molecule has 0 unspecified atom stereocenters. The monoisotopic (exact) mass is 1020 g/mol. The highest BCUT2D eigenvalue weighted by molar-refractivity contribution is 7.88. The van der Waals surface area contributed by atoms with Gasteiger partial charge in [-0.15, -0.1) is 0 Å². The summed E-state index contributed by atoms with van der Waals surface area (Å²) in [6.45, 7) is 4.46. The standard InChI is InChI=1S/C50H78F2N2O15S/c1-10-12-14-16-18-20-22-54(23-21-19-17-15-13-11-2)47(58)50(51,52)70(59,60)68-34-49(32-66-48(3,4)67-33-49)31-65-30-43(57)53(5)28-38-36(29-55)26-40(61-6)37-27-39(56)44(69-45(37)38)35-24-41(62-7)46(64-9)42(25-35)63-8/h24-26,39,44,55-56H,10-23,27-34H2,1-9H3/t39-,44-/m1/s1. The van der Waals surface area contributed by atoms with Gasteiger partial charge in [-0.25, -0.2) is 0 Å². The predicted octanol–water partition coefficient (Wildman–Crippen LogP) is 7.48. The maximum Gasteiger partial charge on any atom is 0.447 e. The summed E-state index contributed by atoms with van der Waals surface area (Å²) >= 11 is 0. The van der Waals surface area contributed by atoms with Crippen molar-refractivity contribution in [1.82, 2.24) is 9.80 Å². The lowest BCUT2D eigenvalue weighted by atomic mass is 9.90. The van der Waals surface area contributed by atoms with Crippen molar-refractivity contribution in [3.05, 3.63) is 40.5 Å². The molecule has 1 fully saturated rings. The first kappa shape index (κ1) is 58.5. The van der Waals surface area contributed by atoms with Gasteiger partial charge in [-0.3, -0.25) is 13.8 Å². The van der Waals surface area contributed by atoms with E-state index in [9.17, 15) is 28.2 Å². The first-order chi connectivity index (χ1) is 33.3. The largest absolute Gasteiger partial charge is 0.496 e. The molecule has 1 saturated heterocycles. The van der Waals surface area contributed by atoms with Crippen molar-refractivity contribution >= 4 is 21.9 Å². The summed E-state index contributed by atoms with van der Waals surface area (Å²) in [7, 11) is 1.51. The normalized spacial score (nSPS) is 17.6. The van der Waals surface area contributed by atoms with Gasteiger partial charge in [0, 0.05) is 49.8 Å². The number of alkyl halides is 2. The van der Waals surface area contributed by atoms with E-state index in [0.29, 0.717) is 58.1 Å². The number of fused-ring (bicyclic) bond motifs is 1.